The number of nitrogens with one attached hydrogen (secondary N) is 2. The first-order valence-corrected chi connectivity index (χ1v) is 10.5. The number of carboxylic acid groups (broad SMARTS) is 1. The maximum absolute atomic E-state index is 12.1. The second-order valence-electron chi connectivity index (χ2n) is 7.45. The topological polar surface area (TPSA) is 105 Å². The molecule has 31 heavy (non-hydrogen) atoms. The van der Waals surface area contributed by atoms with E-state index in [2.05, 4.69) is 10.6 Å². The van der Waals surface area contributed by atoms with Gasteiger partial charge in [-0.15, -0.1) is 0 Å². The van der Waals surface area contributed by atoms with E-state index in [1.807, 2.05) is 61.5 Å². The zero-order valence-electron chi connectivity index (χ0n) is 17.8. The number of carbonyl (C=O) groups is 3. The predicted molar refractivity (Wildman–Crippen MR) is 118 cm³/mol. The number of hydrogen-bond donors (Lipinski definition) is 3. The maximum Gasteiger partial charge on any atom is 0.407 e. The molecule has 0 saturated carbocycles. The average molecular weight is 427 g/mol. The summed E-state index contributed by atoms with van der Waals surface area (Å²) in [5, 5.41) is 14.7. The van der Waals surface area contributed by atoms with Crippen LogP contribution in [0.1, 0.15) is 42.4 Å². The zero-order chi connectivity index (χ0) is 22.5. The second kappa shape index (κ2) is 13.1. The summed E-state index contributed by atoms with van der Waals surface area (Å²) in [4.78, 5) is 35.3. The summed E-state index contributed by atoms with van der Waals surface area (Å²) in [6, 6.07) is 16.1. The number of rotatable bonds is 12. The molecule has 0 aliphatic carbocycles. The van der Waals surface area contributed by atoms with Crippen LogP contribution >= 0.6 is 0 Å². The van der Waals surface area contributed by atoms with Crippen LogP contribution in [0, 0.1) is 6.92 Å². The molecule has 0 saturated heterocycles. The van der Waals surface area contributed by atoms with Gasteiger partial charge in [-0.05, 0) is 30.9 Å². The molecule has 0 bridgehead atoms. The fourth-order valence-electron chi connectivity index (χ4n) is 3.09. The van der Waals surface area contributed by atoms with Crippen LogP contribution < -0.4 is 10.6 Å². The number of amides is 2. The highest BCUT2D eigenvalue weighted by Crippen LogP contribution is 2.08. The Balaban J connectivity index is 1.58. The molecule has 0 spiro atoms. The highest BCUT2D eigenvalue weighted by Gasteiger charge is 2.20. The summed E-state index contributed by atoms with van der Waals surface area (Å²) in [6.45, 7) is 2.62. The zero-order valence-corrected chi connectivity index (χ0v) is 17.8. The van der Waals surface area contributed by atoms with Crippen molar-refractivity contribution in [3.8, 4) is 0 Å². The van der Waals surface area contributed by atoms with Crippen molar-refractivity contribution in [3.05, 3.63) is 71.3 Å². The van der Waals surface area contributed by atoms with E-state index in [9.17, 15) is 19.5 Å². The quantitative estimate of drug-likeness (QED) is 0.450. The largest absolute Gasteiger partial charge is 0.480 e. The van der Waals surface area contributed by atoms with E-state index in [0.717, 1.165) is 23.1 Å². The molecule has 0 heterocycles. The van der Waals surface area contributed by atoms with Crippen molar-refractivity contribution < 1.29 is 24.2 Å². The lowest BCUT2D eigenvalue weighted by Crippen LogP contribution is -2.42. The van der Waals surface area contributed by atoms with Crippen molar-refractivity contribution in [2.45, 2.75) is 51.7 Å². The Kier molecular flexibility index (Phi) is 10.1. The van der Waals surface area contributed by atoms with E-state index in [1.54, 1.807) is 0 Å². The van der Waals surface area contributed by atoms with Gasteiger partial charge in [0.1, 0.15) is 12.6 Å². The highest BCUT2D eigenvalue weighted by atomic mass is 16.5. The molecule has 2 rings (SSSR count). The van der Waals surface area contributed by atoms with Crippen LogP contribution in [0.5, 0.6) is 0 Å². The Morgan fingerprint density at radius 1 is 0.968 bits per heavy atom. The fourth-order valence-corrected chi connectivity index (χ4v) is 3.09. The van der Waals surface area contributed by atoms with Gasteiger partial charge in [-0.1, -0.05) is 66.6 Å². The average Bonchev–Trinajstić information content (AvgIpc) is 2.75. The first-order chi connectivity index (χ1) is 14.9. The van der Waals surface area contributed by atoms with Gasteiger partial charge in [-0.25, -0.2) is 9.59 Å². The van der Waals surface area contributed by atoms with Gasteiger partial charge in [0, 0.05) is 19.4 Å². The molecule has 0 aliphatic rings. The molecule has 2 aromatic carbocycles. The third kappa shape index (κ3) is 9.80. The molecular weight excluding hydrogens is 396 g/mol. The lowest BCUT2D eigenvalue weighted by molar-refractivity contribution is -0.141. The first-order valence-electron chi connectivity index (χ1n) is 10.5. The van der Waals surface area contributed by atoms with Crippen molar-refractivity contribution >= 4 is 18.0 Å². The Labute approximate surface area is 182 Å². The monoisotopic (exact) mass is 426 g/mol. The molecule has 2 amide bonds. The van der Waals surface area contributed by atoms with E-state index in [1.165, 1.54) is 0 Å². The van der Waals surface area contributed by atoms with Crippen molar-refractivity contribution in [2.24, 2.45) is 0 Å². The predicted octanol–water partition coefficient (Wildman–Crippen LogP) is 3.59. The Bertz CT molecular complexity index is 854. The number of ether oxygens (including phenoxy) is 1. The summed E-state index contributed by atoms with van der Waals surface area (Å²) in [7, 11) is 0. The molecule has 166 valence electrons. The molecule has 7 heteroatoms. The second-order valence-corrected chi connectivity index (χ2v) is 7.45. The molecular formula is C24H30N2O5. The number of alkyl carbamates (subject to hydrolysis) is 1. The molecule has 0 aromatic heterocycles. The Hall–Kier alpha value is -3.35. The van der Waals surface area contributed by atoms with Crippen LogP contribution in [0.15, 0.2) is 54.6 Å². The minimum Gasteiger partial charge on any atom is -0.480 e. The van der Waals surface area contributed by atoms with Crippen molar-refractivity contribution in [1.29, 1.82) is 0 Å². The van der Waals surface area contributed by atoms with Crippen LogP contribution in [-0.4, -0.2) is 35.7 Å². The lowest BCUT2D eigenvalue weighted by atomic mass is 10.0. The molecule has 7 nitrogen and oxygen atoms in total. The maximum atomic E-state index is 12.1. The van der Waals surface area contributed by atoms with Gasteiger partial charge < -0.3 is 20.5 Å². The van der Waals surface area contributed by atoms with E-state index >= 15 is 0 Å². The van der Waals surface area contributed by atoms with Crippen molar-refractivity contribution in [3.63, 3.8) is 0 Å². The van der Waals surface area contributed by atoms with Gasteiger partial charge >= 0.3 is 12.1 Å². The summed E-state index contributed by atoms with van der Waals surface area (Å²) in [5.41, 5.74) is 2.84. The molecule has 0 aliphatic heterocycles. The normalized spacial score (nSPS) is 11.4. The highest BCUT2D eigenvalue weighted by molar-refractivity contribution is 5.83. The van der Waals surface area contributed by atoms with Gasteiger partial charge in [-0.2, -0.15) is 0 Å². The Morgan fingerprint density at radius 2 is 1.71 bits per heavy atom. The molecule has 0 radical (unpaired) electrons. The van der Waals surface area contributed by atoms with Crippen LogP contribution in [0.25, 0.3) is 0 Å². The summed E-state index contributed by atoms with van der Waals surface area (Å²) >= 11 is 0. The minimum atomic E-state index is -1.05. The third-order valence-electron chi connectivity index (χ3n) is 4.72. The van der Waals surface area contributed by atoms with Gasteiger partial charge in [0.15, 0.2) is 0 Å². The van der Waals surface area contributed by atoms with E-state index in [4.69, 9.17) is 4.74 Å². The molecule has 1 atom stereocenters. The molecule has 3 N–H and O–H groups in total. The third-order valence-corrected chi connectivity index (χ3v) is 4.72. The first kappa shape index (κ1) is 23.9. The van der Waals surface area contributed by atoms with E-state index in [0.29, 0.717) is 19.4 Å². The number of carbonyl (C=O) groups excluding carboxylic acids is 2. The number of aryl methyl sites for hydroxylation is 1. The van der Waals surface area contributed by atoms with Crippen LogP contribution in [-0.2, 0) is 27.4 Å². The van der Waals surface area contributed by atoms with Gasteiger partial charge in [-0.3, -0.25) is 4.79 Å². The van der Waals surface area contributed by atoms with Crippen LogP contribution in [0.3, 0.4) is 0 Å². The standard InChI is InChI=1S/C24H30N2O5/c1-18-9-8-12-20(15-18)16-21(23(28)29)26-22(27)13-6-3-7-14-25-24(30)31-17-19-10-4-2-5-11-19/h2,4-5,8-12,15,21H,3,6-7,13-14,16-17H2,1H3,(H,25,30)(H,26,27)(H,28,29)/t21-/m0/s1. The molecule has 0 unspecified atom stereocenters. The summed E-state index contributed by atoms with van der Waals surface area (Å²) in [6.07, 6.45) is 2.08. The SMILES string of the molecule is Cc1cccc(C[C@H](NC(=O)CCCCCNC(=O)OCc2ccccc2)C(=O)O)c1. The number of benzene rings is 2. The van der Waals surface area contributed by atoms with Crippen LogP contribution in [0.2, 0.25) is 0 Å². The lowest BCUT2D eigenvalue weighted by Gasteiger charge is -2.15. The van der Waals surface area contributed by atoms with Gasteiger partial charge in [0.05, 0.1) is 0 Å². The minimum absolute atomic E-state index is 0.222. The number of aliphatic carboxylic acids is 1. The van der Waals surface area contributed by atoms with Gasteiger partial charge in [0.2, 0.25) is 5.91 Å². The fraction of sp³-hybridized carbons (Fsp3) is 0.375. The summed E-state index contributed by atoms with van der Waals surface area (Å²) < 4.78 is 5.13. The molecule has 0 fully saturated rings. The summed E-state index contributed by atoms with van der Waals surface area (Å²) in [5.74, 6) is -1.33. The van der Waals surface area contributed by atoms with E-state index in [-0.39, 0.29) is 25.4 Å². The molecule has 2 aromatic rings. The Morgan fingerprint density at radius 3 is 2.42 bits per heavy atom. The van der Waals surface area contributed by atoms with E-state index < -0.39 is 18.1 Å². The van der Waals surface area contributed by atoms with Crippen molar-refractivity contribution in [1.82, 2.24) is 10.6 Å². The number of hydrogen-bond acceptors (Lipinski definition) is 4. The van der Waals surface area contributed by atoms with Gasteiger partial charge in [0.25, 0.3) is 0 Å². The smallest absolute Gasteiger partial charge is 0.407 e. The number of carboxylic acids is 1. The van der Waals surface area contributed by atoms with Crippen LogP contribution in [0.4, 0.5) is 4.79 Å². The number of unbranched alkanes of at least 4 members (excludes halogenated alkanes) is 2. The van der Waals surface area contributed by atoms with Crippen molar-refractivity contribution in [2.75, 3.05) is 6.54 Å².